The highest BCUT2D eigenvalue weighted by Gasteiger charge is 2.37. The molecule has 0 saturated heterocycles. The van der Waals surface area contributed by atoms with Gasteiger partial charge in [-0.3, -0.25) is 19.4 Å². The van der Waals surface area contributed by atoms with Gasteiger partial charge in [0, 0.05) is 23.0 Å². The molecule has 36 heavy (non-hydrogen) atoms. The third-order valence-corrected chi connectivity index (χ3v) is 6.61. The van der Waals surface area contributed by atoms with Crippen molar-refractivity contribution in [1.29, 1.82) is 10.5 Å². The first-order valence-electron chi connectivity index (χ1n) is 11.7. The number of benzene rings is 3. The number of fused-ring (bicyclic) bond motifs is 3. The summed E-state index contributed by atoms with van der Waals surface area (Å²) in [7, 11) is 0. The van der Waals surface area contributed by atoms with E-state index in [-0.39, 0.29) is 35.0 Å². The Labute approximate surface area is 209 Å². The molecule has 3 aromatic carbocycles. The quantitative estimate of drug-likeness (QED) is 0.457. The van der Waals surface area contributed by atoms with E-state index >= 15 is 0 Å². The third kappa shape index (κ3) is 3.57. The summed E-state index contributed by atoms with van der Waals surface area (Å²) in [6.07, 6.45) is 3.56. The van der Waals surface area contributed by atoms with Gasteiger partial charge in [0.25, 0.3) is 11.8 Å². The van der Waals surface area contributed by atoms with Crippen LogP contribution in [0.5, 0.6) is 0 Å². The monoisotopic (exact) mass is 470 g/mol. The van der Waals surface area contributed by atoms with Crippen molar-refractivity contribution >= 4 is 23.2 Å². The number of rotatable bonds is 2. The van der Waals surface area contributed by atoms with Gasteiger partial charge < -0.3 is 0 Å². The Hall–Kier alpha value is -4.94. The molecule has 2 atom stereocenters. The molecule has 0 spiro atoms. The van der Waals surface area contributed by atoms with Crippen LogP contribution in [0.3, 0.4) is 0 Å². The van der Waals surface area contributed by atoms with E-state index in [1.165, 1.54) is 9.80 Å². The Balaban J connectivity index is 1.71. The Morgan fingerprint density at radius 3 is 1.33 bits per heavy atom. The molecular weight excluding hydrogens is 448 g/mol. The summed E-state index contributed by atoms with van der Waals surface area (Å²) in [4.78, 5) is 30.0. The molecule has 0 aromatic heterocycles. The highest BCUT2D eigenvalue weighted by atomic mass is 16.2. The van der Waals surface area contributed by atoms with E-state index in [2.05, 4.69) is 12.1 Å². The van der Waals surface area contributed by atoms with Crippen LogP contribution < -0.4 is 9.80 Å². The molecule has 0 N–H and O–H groups in total. The Morgan fingerprint density at radius 2 is 1.00 bits per heavy atom. The Bertz CT molecular complexity index is 1410. The molecule has 2 aliphatic heterocycles. The van der Waals surface area contributed by atoms with Crippen molar-refractivity contribution in [3.63, 3.8) is 0 Å². The second-order valence-corrected chi connectivity index (χ2v) is 8.85. The molecule has 2 aliphatic rings. The maximum Gasteiger partial charge on any atom is 0.263 e. The fraction of sp³-hybridized carbons (Fsp3) is 0.133. The second-order valence-electron chi connectivity index (χ2n) is 8.85. The number of amides is 2. The van der Waals surface area contributed by atoms with Crippen molar-refractivity contribution in [2.45, 2.75) is 25.7 Å². The van der Waals surface area contributed by atoms with Crippen molar-refractivity contribution in [3.05, 3.63) is 119 Å². The van der Waals surface area contributed by atoms with Crippen molar-refractivity contribution in [3.8, 4) is 12.1 Å². The first kappa shape index (κ1) is 22.8. The lowest BCUT2D eigenvalue weighted by Gasteiger charge is -2.38. The number of hydrogen-bond donors (Lipinski definition) is 0. The minimum Gasteiger partial charge on any atom is -0.268 e. The van der Waals surface area contributed by atoms with Crippen LogP contribution in [-0.4, -0.2) is 11.8 Å². The number of anilines is 2. The van der Waals surface area contributed by atoms with Gasteiger partial charge in [-0.15, -0.1) is 0 Å². The van der Waals surface area contributed by atoms with Gasteiger partial charge in [-0.2, -0.15) is 10.5 Å². The number of nitriles is 2. The molecule has 2 unspecified atom stereocenters. The number of nitrogens with zero attached hydrogens (tertiary/aromatic N) is 4. The van der Waals surface area contributed by atoms with Gasteiger partial charge in [0.15, 0.2) is 0 Å². The van der Waals surface area contributed by atoms with Gasteiger partial charge >= 0.3 is 0 Å². The van der Waals surface area contributed by atoms with Gasteiger partial charge in [-0.1, -0.05) is 50.2 Å². The number of carbonyl (C=O) groups is 2. The molecule has 174 valence electrons. The summed E-state index contributed by atoms with van der Waals surface area (Å²) in [5.74, 6) is -0.967. The molecule has 0 fully saturated rings. The molecule has 2 amide bonds. The van der Waals surface area contributed by atoms with Gasteiger partial charge in [0.05, 0.1) is 11.4 Å². The fourth-order valence-corrected chi connectivity index (χ4v) is 5.04. The highest BCUT2D eigenvalue weighted by Crippen LogP contribution is 2.48. The van der Waals surface area contributed by atoms with Crippen LogP contribution in [0.4, 0.5) is 11.4 Å². The van der Waals surface area contributed by atoms with E-state index in [4.69, 9.17) is 0 Å². The van der Waals surface area contributed by atoms with Crippen LogP contribution in [0.25, 0.3) is 0 Å². The largest absolute Gasteiger partial charge is 0.268 e. The summed E-state index contributed by atoms with van der Waals surface area (Å²) in [6.45, 7) is 3.95. The van der Waals surface area contributed by atoms with E-state index in [9.17, 15) is 20.1 Å². The van der Waals surface area contributed by atoms with E-state index in [1.54, 1.807) is 72.8 Å². The third-order valence-electron chi connectivity index (χ3n) is 6.61. The predicted molar refractivity (Wildman–Crippen MR) is 137 cm³/mol. The Kier molecular flexibility index (Phi) is 5.72. The SMILES string of the molecule is CC1C=C(C#N)N(C(=O)c2ccccc2)c2ccc3c(c21)C(C)C=C(C#N)N3C(=O)c1ccccc1. The lowest BCUT2D eigenvalue weighted by Crippen LogP contribution is -2.36. The van der Waals surface area contributed by atoms with Gasteiger partial charge in [0.1, 0.15) is 23.5 Å². The first-order valence-corrected chi connectivity index (χ1v) is 11.7. The highest BCUT2D eigenvalue weighted by molar-refractivity contribution is 6.12. The Morgan fingerprint density at radius 1 is 0.639 bits per heavy atom. The average molecular weight is 471 g/mol. The number of allylic oxidation sites excluding steroid dienone is 4. The van der Waals surface area contributed by atoms with E-state index < -0.39 is 0 Å². The minimum atomic E-state index is -0.301. The molecule has 0 aliphatic carbocycles. The number of hydrogen-bond acceptors (Lipinski definition) is 4. The summed E-state index contributed by atoms with van der Waals surface area (Å²) < 4.78 is 0. The molecule has 0 radical (unpaired) electrons. The molecule has 5 rings (SSSR count). The summed E-state index contributed by atoms with van der Waals surface area (Å²) in [6, 6.07) is 25.6. The van der Waals surface area contributed by atoms with Crippen LogP contribution >= 0.6 is 0 Å². The smallest absolute Gasteiger partial charge is 0.263 e. The normalized spacial score (nSPS) is 18.1. The lowest BCUT2D eigenvalue weighted by molar-refractivity contribution is 0.0986. The van der Waals surface area contributed by atoms with Crippen LogP contribution in [-0.2, 0) is 0 Å². The van der Waals surface area contributed by atoms with Crippen LogP contribution in [0.1, 0.15) is 57.5 Å². The zero-order chi connectivity index (χ0) is 25.4. The summed E-state index contributed by atoms with van der Waals surface area (Å²) >= 11 is 0. The molecule has 2 heterocycles. The van der Waals surface area contributed by atoms with Crippen LogP contribution in [0.15, 0.2) is 96.3 Å². The maximum absolute atomic E-state index is 13.6. The number of carbonyl (C=O) groups excluding carboxylic acids is 2. The van der Waals surface area contributed by atoms with E-state index in [0.717, 1.165) is 11.1 Å². The zero-order valence-corrected chi connectivity index (χ0v) is 19.8. The average Bonchev–Trinajstić information content (AvgIpc) is 2.92. The molecule has 6 nitrogen and oxygen atoms in total. The van der Waals surface area contributed by atoms with Crippen molar-refractivity contribution in [1.82, 2.24) is 0 Å². The topological polar surface area (TPSA) is 88.2 Å². The zero-order valence-electron chi connectivity index (χ0n) is 19.8. The van der Waals surface area contributed by atoms with Crippen molar-refractivity contribution in [2.75, 3.05) is 9.80 Å². The van der Waals surface area contributed by atoms with E-state index in [0.29, 0.717) is 22.5 Å². The predicted octanol–water partition coefficient (Wildman–Crippen LogP) is 6.03. The van der Waals surface area contributed by atoms with Crippen LogP contribution in [0.2, 0.25) is 0 Å². The van der Waals surface area contributed by atoms with Gasteiger partial charge in [-0.05, 0) is 59.7 Å². The minimum absolute atomic E-state index is 0.183. The first-order chi connectivity index (χ1) is 17.5. The molecular formula is C30H22N4O2. The van der Waals surface area contributed by atoms with Crippen molar-refractivity contribution < 1.29 is 9.59 Å². The molecule has 0 bridgehead atoms. The molecule has 3 aromatic rings. The van der Waals surface area contributed by atoms with Gasteiger partial charge in [-0.25, -0.2) is 0 Å². The second kappa shape index (κ2) is 9.02. The standard InChI is InChI=1S/C30H22N4O2/c1-19-15-23(17-31)33(29(35)21-9-5-3-6-10-21)25-13-14-26-28(27(19)25)20(2)16-24(18-32)34(26)30(36)22-11-7-4-8-12-22/h3-16,19-20H,1-2H3. The lowest BCUT2D eigenvalue weighted by atomic mass is 9.81. The summed E-state index contributed by atoms with van der Waals surface area (Å²) in [5, 5.41) is 19.8. The summed E-state index contributed by atoms with van der Waals surface area (Å²) in [5.41, 5.74) is 4.42. The van der Waals surface area contributed by atoms with E-state index in [1.807, 2.05) is 26.0 Å². The fourth-order valence-electron chi connectivity index (χ4n) is 5.04. The van der Waals surface area contributed by atoms with Crippen LogP contribution in [0, 0.1) is 22.7 Å². The van der Waals surface area contributed by atoms with Gasteiger partial charge in [0.2, 0.25) is 0 Å². The molecule has 0 saturated carbocycles. The molecule has 6 heteroatoms. The van der Waals surface area contributed by atoms with Crippen molar-refractivity contribution in [2.24, 2.45) is 0 Å². The maximum atomic E-state index is 13.6.